The van der Waals surface area contributed by atoms with Crippen molar-refractivity contribution in [1.82, 2.24) is 19.5 Å². The third kappa shape index (κ3) is 2.49. The van der Waals surface area contributed by atoms with Crippen molar-refractivity contribution >= 4 is 11.0 Å². The molecule has 0 unspecified atom stereocenters. The highest BCUT2D eigenvalue weighted by Gasteiger charge is 2.12. The van der Waals surface area contributed by atoms with Gasteiger partial charge >= 0.3 is 0 Å². The molecule has 0 radical (unpaired) electrons. The highest BCUT2D eigenvalue weighted by Crippen LogP contribution is 2.22. The molecule has 4 heteroatoms. The first-order chi connectivity index (χ1) is 10.5. The fourth-order valence-electron chi connectivity index (χ4n) is 2.82. The molecule has 1 aromatic carbocycles. The van der Waals surface area contributed by atoms with E-state index in [1.54, 1.807) is 0 Å². The lowest BCUT2D eigenvalue weighted by molar-refractivity contribution is 0.764. The molecule has 0 bridgehead atoms. The van der Waals surface area contributed by atoms with Crippen LogP contribution in [0.1, 0.15) is 34.0 Å². The lowest BCUT2D eigenvalue weighted by Gasteiger charge is -2.05. The van der Waals surface area contributed by atoms with Gasteiger partial charge in [-0.15, -0.1) is 0 Å². The molecular weight excluding hydrogens is 272 g/mol. The molecule has 0 amide bonds. The van der Waals surface area contributed by atoms with Crippen molar-refractivity contribution in [2.24, 2.45) is 7.05 Å². The summed E-state index contributed by atoms with van der Waals surface area (Å²) in [6.07, 6.45) is 3.57. The van der Waals surface area contributed by atoms with Crippen molar-refractivity contribution in [3.63, 3.8) is 0 Å². The van der Waals surface area contributed by atoms with E-state index in [1.165, 1.54) is 16.6 Å². The zero-order chi connectivity index (χ0) is 15.9. The number of aryl methyl sites for hydroxylation is 7. The van der Waals surface area contributed by atoms with Crippen molar-refractivity contribution in [2.45, 2.75) is 40.5 Å². The SMILES string of the molecule is Cc1cnc(C)c(CCc2nc3c(C)c(C)ccc3n2C)n1. The van der Waals surface area contributed by atoms with Crippen molar-refractivity contribution in [3.8, 4) is 0 Å². The van der Waals surface area contributed by atoms with Gasteiger partial charge in [0.1, 0.15) is 5.82 Å². The maximum absolute atomic E-state index is 4.85. The van der Waals surface area contributed by atoms with E-state index in [2.05, 4.69) is 47.6 Å². The van der Waals surface area contributed by atoms with E-state index < -0.39 is 0 Å². The highest BCUT2D eigenvalue weighted by atomic mass is 15.1. The van der Waals surface area contributed by atoms with Gasteiger partial charge in [0.2, 0.25) is 0 Å². The molecule has 0 saturated carbocycles. The number of fused-ring (bicyclic) bond motifs is 1. The van der Waals surface area contributed by atoms with Gasteiger partial charge < -0.3 is 4.57 Å². The molecule has 22 heavy (non-hydrogen) atoms. The molecule has 0 spiro atoms. The molecule has 114 valence electrons. The van der Waals surface area contributed by atoms with Gasteiger partial charge in [0.25, 0.3) is 0 Å². The van der Waals surface area contributed by atoms with E-state index in [9.17, 15) is 0 Å². The van der Waals surface area contributed by atoms with Crippen LogP contribution in [0.25, 0.3) is 11.0 Å². The molecule has 0 aliphatic rings. The summed E-state index contributed by atoms with van der Waals surface area (Å²) in [6.45, 7) is 8.28. The summed E-state index contributed by atoms with van der Waals surface area (Å²) in [5.74, 6) is 1.10. The minimum Gasteiger partial charge on any atom is -0.331 e. The van der Waals surface area contributed by atoms with Gasteiger partial charge in [-0.05, 0) is 51.3 Å². The summed E-state index contributed by atoms with van der Waals surface area (Å²) >= 11 is 0. The van der Waals surface area contributed by atoms with Gasteiger partial charge in [-0.2, -0.15) is 0 Å². The first kappa shape index (κ1) is 14.7. The number of benzene rings is 1. The Balaban J connectivity index is 1.93. The molecule has 3 rings (SSSR count). The number of nitrogens with zero attached hydrogens (tertiary/aromatic N) is 4. The van der Waals surface area contributed by atoms with Crippen molar-refractivity contribution in [2.75, 3.05) is 0 Å². The maximum atomic E-state index is 4.85. The molecule has 2 aromatic heterocycles. The Morgan fingerprint density at radius 3 is 2.55 bits per heavy atom. The third-order valence-corrected chi connectivity index (χ3v) is 4.43. The average molecular weight is 294 g/mol. The molecule has 4 nitrogen and oxygen atoms in total. The lowest BCUT2D eigenvalue weighted by atomic mass is 10.1. The predicted octanol–water partition coefficient (Wildman–Crippen LogP) is 3.38. The van der Waals surface area contributed by atoms with Crippen LogP contribution in [0.4, 0.5) is 0 Å². The molecule has 0 atom stereocenters. The fraction of sp³-hybridized carbons (Fsp3) is 0.389. The van der Waals surface area contributed by atoms with Gasteiger partial charge in [-0.25, -0.2) is 4.98 Å². The Morgan fingerprint density at radius 1 is 1.00 bits per heavy atom. The Bertz CT molecular complexity index is 846. The summed E-state index contributed by atoms with van der Waals surface area (Å²) in [7, 11) is 2.09. The molecule has 0 aliphatic carbocycles. The zero-order valence-electron chi connectivity index (χ0n) is 13.9. The number of aromatic nitrogens is 4. The number of rotatable bonds is 3. The Kier molecular flexibility index (Phi) is 3.69. The normalized spacial score (nSPS) is 11.3. The molecule has 2 heterocycles. The van der Waals surface area contributed by atoms with Crippen molar-refractivity contribution < 1.29 is 0 Å². The van der Waals surface area contributed by atoms with Gasteiger partial charge in [0.05, 0.1) is 28.1 Å². The number of hydrogen-bond acceptors (Lipinski definition) is 3. The van der Waals surface area contributed by atoms with Crippen molar-refractivity contribution in [3.05, 3.63) is 52.4 Å². The summed E-state index contributed by atoms with van der Waals surface area (Å²) in [5.41, 5.74) is 7.92. The molecule has 3 aromatic rings. The standard InChI is InChI=1S/C18H22N4/c1-11-6-8-16-18(13(11)3)21-17(22(16)5)9-7-15-14(4)19-10-12(2)20-15/h6,8,10H,7,9H2,1-5H3. The van der Waals surface area contributed by atoms with Crippen LogP contribution in [0.3, 0.4) is 0 Å². The van der Waals surface area contributed by atoms with Gasteiger partial charge in [0, 0.05) is 19.7 Å². The van der Waals surface area contributed by atoms with Gasteiger partial charge in [-0.1, -0.05) is 6.07 Å². The van der Waals surface area contributed by atoms with Crippen LogP contribution in [0, 0.1) is 27.7 Å². The first-order valence-corrected chi connectivity index (χ1v) is 7.68. The summed E-state index contributed by atoms with van der Waals surface area (Å²) in [5, 5.41) is 0. The second kappa shape index (κ2) is 5.52. The third-order valence-electron chi connectivity index (χ3n) is 4.43. The smallest absolute Gasteiger partial charge is 0.109 e. The molecule has 0 fully saturated rings. The van der Waals surface area contributed by atoms with Crippen LogP contribution in [0.5, 0.6) is 0 Å². The quantitative estimate of drug-likeness (QED) is 0.744. The van der Waals surface area contributed by atoms with Gasteiger partial charge in [0.15, 0.2) is 0 Å². The van der Waals surface area contributed by atoms with E-state index in [4.69, 9.17) is 4.98 Å². The van der Waals surface area contributed by atoms with Crippen LogP contribution in [-0.4, -0.2) is 19.5 Å². The second-order valence-corrected chi connectivity index (χ2v) is 6.01. The molecular formula is C18H22N4. The topological polar surface area (TPSA) is 43.6 Å². The average Bonchev–Trinajstić information content (AvgIpc) is 2.81. The number of imidazole rings is 1. The van der Waals surface area contributed by atoms with Crippen LogP contribution in [-0.2, 0) is 19.9 Å². The maximum Gasteiger partial charge on any atom is 0.109 e. The predicted molar refractivity (Wildman–Crippen MR) is 89.1 cm³/mol. The van der Waals surface area contributed by atoms with E-state index in [1.807, 2.05) is 20.0 Å². The second-order valence-electron chi connectivity index (χ2n) is 6.01. The first-order valence-electron chi connectivity index (χ1n) is 7.68. The number of hydrogen-bond donors (Lipinski definition) is 0. The largest absolute Gasteiger partial charge is 0.331 e. The van der Waals surface area contributed by atoms with E-state index in [-0.39, 0.29) is 0 Å². The fourth-order valence-corrected chi connectivity index (χ4v) is 2.82. The Hall–Kier alpha value is -2.23. The van der Waals surface area contributed by atoms with Crippen LogP contribution >= 0.6 is 0 Å². The summed E-state index contributed by atoms with van der Waals surface area (Å²) in [4.78, 5) is 13.9. The van der Waals surface area contributed by atoms with Crippen LogP contribution < -0.4 is 0 Å². The minimum atomic E-state index is 0.871. The Labute approximate surface area is 131 Å². The van der Waals surface area contributed by atoms with E-state index in [0.717, 1.165) is 41.3 Å². The minimum absolute atomic E-state index is 0.871. The molecule has 0 aliphatic heterocycles. The monoisotopic (exact) mass is 294 g/mol. The van der Waals surface area contributed by atoms with Crippen LogP contribution in [0.15, 0.2) is 18.3 Å². The van der Waals surface area contributed by atoms with E-state index >= 15 is 0 Å². The van der Waals surface area contributed by atoms with Crippen molar-refractivity contribution in [1.29, 1.82) is 0 Å². The summed E-state index contributed by atoms with van der Waals surface area (Å²) in [6, 6.07) is 4.32. The molecule has 0 saturated heterocycles. The van der Waals surface area contributed by atoms with Crippen LogP contribution in [0.2, 0.25) is 0 Å². The van der Waals surface area contributed by atoms with E-state index in [0.29, 0.717) is 0 Å². The Morgan fingerprint density at radius 2 is 1.77 bits per heavy atom. The highest BCUT2D eigenvalue weighted by molar-refractivity contribution is 5.80. The molecule has 0 N–H and O–H groups in total. The zero-order valence-corrected chi connectivity index (χ0v) is 13.9. The lowest BCUT2D eigenvalue weighted by Crippen LogP contribution is -2.05. The van der Waals surface area contributed by atoms with Gasteiger partial charge in [-0.3, -0.25) is 9.97 Å². The summed E-state index contributed by atoms with van der Waals surface area (Å²) < 4.78 is 2.19.